The minimum Gasteiger partial charge on any atom is -0.333 e. The molecule has 114 valence electrons. The number of nitrogens with one attached hydrogen (secondary N) is 1. The van der Waals surface area contributed by atoms with Crippen LogP contribution in [0.2, 0.25) is 0 Å². The van der Waals surface area contributed by atoms with E-state index in [0.29, 0.717) is 5.92 Å². The molecule has 0 unspecified atom stereocenters. The fourth-order valence-electron chi connectivity index (χ4n) is 2.50. The zero-order valence-electron chi connectivity index (χ0n) is 13.2. The Morgan fingerprint density at radius 1 is 1.20 bits per heavy atom. The molecule has 1 aromatic heterocycles. The first kappa shape index (κ1) is 15.5. The van der Waals surface area contributed by atoms with E-state index < -0.39 is 0 Å². The van der Waals surface area contributed by atoms with Gasteiger partial charge in [-0.05, 0) is 19.5 Å². The largest absolute Gasteiger partial charge is 0.333 e. The molecule has 1 aliphatic heterocycles. The molecule has 1 fully saturated rings. The Morgan fingerprint density at radius 2 is 1.95 bits per heavy atom. The van der Waals surface area contributed by atoms with E-state index in [4.69, 9.17) is 0 Å². The van der Waals surface area contributed by atoms with Crippen molar-refractivity contribution in [3.63, 3.8) is 0 Å². The van der Waals surface area contributed by atoms with Crippen molar-refractivity contribution in [2.75, 3.05) is 46.3 Å². The quantitative estimate of drug-likeness (QED) is 0.804. The zero-order valence-corrected chi connectivity index (χ0v) is 13.2. The number of likely N-dealkylation sites (N-methyl/N-ethyl adjacent to an activating group) is 1. The van der Waals surface area contributed by atoms with Crippen molar-refractivity contribution < 1.29 is 0 Å². The molecule has 0 atom stereocenters. The molecule has 2 heterocycles. The summed E-state index contributed by atoms with van der Waals surface area (Å²) in [6, 6.07) is 0. The van der Waals surface area contributed by atoms with Crippen molar-refractivity contribution in [1.82, 2.24) is 24.7 Å². The highest BCUT2D eigenvalue weighted by Crippen LogP contribution is 2.02. The monoisotopic (exact) mass is 279 g/mol. The van der Waals surface area contributed by atoms with Gasteiger partial charge in [-0.15, -0.1) is 0 Å². The van der Waals surface area contributed by atoms with Crippen LogP contribution in [-0.4, -0.2) is 65.7 Å². The summed E-state index contributed by atoms with van der Waals surface area (Å²) in [7, 11) is 2.20. The summed E-state index contributed by atoms with van der Waals surface area (Å²) in [4.78, 5) is 9.41. The van der Waals surface area contributed by atoms with Crippen molar-refractivity contribution in [3.05, 3.63) is 18.2 Å². The normalized spacial score (nSPS) is 18.0. The summed E-state index contributed by atoms with van der Waals surface area (Å²) < 4.78 is 2.28. The van der Waals surface area contributed by atoms with E-state index in [1.54, 1.807) is 0 Å². The number of aromatic nitrogens is 2. The molecule has 5 heteroatoms. The van der Waals surface area contributed by atoms with Crippen molar-refractivity contribution in [3.8, 4) is 0 Å². The zero-order chi connectivity index (χ0) is 14.4. The lowest BCUT2D eigenvalue weighted by molar-refractivity contribution is 0.149. The van der Waals surface area contributed by atoms with Gasteiger partial charge in [0.05, 0.1) is 6.54 Å². The molecular weight excluding hydrogens is 250 g/mol. The van der Waals surface area contributed by atoms with Gasteiger partial charge in [-0.3, -0.25) is 4.90 Å². The molecule has 0 saturated carbocycles. The molecule has 2 rings (SSSR count). The summed E-state index contributed by atoms with van der Waals surface area (Å²) >= 11 is 0. The summed E-state index contributed by atoms with van der Waals surface area (Å²) in [6.45, 7) is 13.3. The highest BCUT2D eigenvalue weighted by Gasteiger charge is 2.13. The third kappa shape index (κ3) is 4.89. The predicted octanol–water partition coefficient (Wildman–Crippen LogP) is 0.876. The molecule has 5 nitrogen and oxygen atoms in total. The first-order chi connectivity index (χ1) is 9.65. The van der Waals surface area contributed by atoms with E-state index in [2.05, 4.69) is 51.8 Å². The lowest BCUT2D eigenvalue weighted by Gasteiger charge is -2.32. The molecule has 0 spiro atoms. The number of piperazine rings is 1. The Hall–Kier alpha value is -0.910. The fourth-order valence-corrected chi connectivity index (χ4v) is 2.50. The minimum atomic E-state index is 0.684. The maximum absolute atomic E-state index is 4.46. The first-order valence-corrected chi connectivity index (χ1v) is 7.77. The topological polar surface area (TPSA) is 36.3 Å². The fraction of sp³-hybridized carbons (Fsp3) is 0.800. The van der Waals surface area contributed by atoms with Crippen molar-refractivity contribution >= 4 is 0 Å². The molecule has 0 radical (unpaired) electrons. The Balaban J connectivity index is 1.74. The molecule has 1 aliphatic rings. The molecule has 0 aromatic carbocycles. The molecule has 20 heavy (non-hydrogen) atoms. The maximum atomic E-state index is 4.46. The average Bonchev–Trinajstić information content (AvgIpc) is 2.85. The second-order valence-electron chi connectivity index (χ2n) is 6.21. The molecule has 0 amide bonds. The van der Waals surface area contributed by atoms with Crippen LogP contribution in [0.15, 0.2) is 12.4 Å². The van der Waals surface area contributed by atoms with E-state index in [1.807, 2.05) is 6.20 Å². The van der Waals surface area contributed by atoms with Crippen LogP contribution < -0.4 is 5.32 Å². The van der Waals surface area contributed by atoms with Crippen LogP contribution in [0.4, 0.5) is 0 Å². The van der Waals surface area contributed by atoms with Gasteiger partial charge in [-0.2, -0.15) is 0 Å². The van der Waals surface area contributed by atoms with Crippen LogP contribution >= 0.6 is 0 Å². The smallest absolute Gasteiger partial charge is 0.122 e. The van der Waals surface area contributed by atoms with Gasteiger partial charge in [0.2, 0.25) is 0 Å². The Labute approximate surface area is 123 Å². The van der Waals surface area contributed by atoms with Gasteiger partial charge in [0, 0.05) is 51.7 Å². The number of nitrogens with zero attached hydrogens (tertiary/aromatic N) is 4. The lowest BCUT2D eigenvalue weighted by atomic mass is 10.2. The second kappa shape index (κ2) is 7.76. The Morgan fingerprint density at radius 3 is 2.65 bits per heavy atom. The van der Waals surface area contributed by atoms with E-state index >= 15 is 0 Å². The summed E-state index contributed by atoms with van der Waals surface area (Å²) in [5.74, 6) is 1.84. The Bertz CT molecular complexity index is 379. The molecule has 0 aliphatic carbocycles. The van der Waals surface area contributed by atoms with Gasteiger partial charge in [0.15, 0.2) is 0 Å². The summed E-state index contributed by atoms with van der Waals surface area (Å²) in [5, 5.41) is 3.47. The molecule has 0 bridgehead atoms. The van der Waals surface area contributed by atoms with Crippen molar-refractivity contribution in [2.24, 2.45) is 5.92 Å². The van der Waals surface area contributed by atoms with Gasteiger partial charge < -0.3 is 14.8 Å². The molecule has 1 saturated heterocycles. The van der Waals surface area contributed by atoms with Gasteiger partial charge >= 0.3 is 0 Å². The van der Waals surface area contributed by atoms with Crippen molar-refractivity contribution in [1.29, 1.82) is 0 Å². The maximum Gasteiger partial charge on any atom is 0.122 e. The van der Waals surface area contributed by atoms with Crippen LogP contribution in [-0.2, 0) is 13.1 Å². The van der Waals surface area contributed by atoms with Crippen LogP contribution in [0.1, 0.15) is 19.7 Å². The molecule has 1 aromatic rings. The lowest BCUT2D eigenvalue weighted by Crippen LogP contribution is -2.45. The van der Waals surface area contributed by atoms with Gasteiger partial charge in [-0.1, -0.05) is 13.8 Å². The highest BCUT2D eigenvalue weighted by atomic mass is 15.3. The van der Waals surface area contributed by atoms with E-state index in [0.717, 1.165) is 32.0 Å². The number of imidazole rings is 1. The van der Waals surface area contributed by atoms with E-state index in [1.165, 1.54) is 26.2 Å². The van der Waals surface area contributed by atoms with Crippen LogP contribution in [0.25, 0.3) is 0 Å². The van der Waals surface area contributed by atoms with Crippen LogP contribution in [0, 0.1) is 5.92 Å². The number of hydrogen-bond acceptors (Lipinski definition) is 4. The van der Waals surface area contributed by atoms with Crippen LogP contribution in [0.5, 0.6) is 0 Å². The minimum absolute atomic E-state index is 0.684. The van der Waals surface area contributed by atoms with Gasteiger partial charge in [-0.25, -0.2) is 4.98 Å². The van der Waals surface area contributed by atoms with E-state index in [9.17, 15) is 0 Å². The average molecular weight is 279 g/mol. The standard InChI is InChI=1S/C15H29N5/c1-14(2)12-16-13-15-17-4-5-20(15)11-10-19-8-6-18(3)7-9-19/h4-5,14,16H,6-13H2,1-3H3. The molecular formula is C15H29N5. The third-order valence-corrected chi connectivity index (χ3v) is 3.89. The summed E-state index contributed by atoms with van der Waals surface area (Å²) in [6.07, 6.45) is 4.01. The van der Waals surface area contributed by atoms with Gasteiger partial charge in [0.1, 0.15) is 5.82 Å². The third-order valence-electron chi connectivity index (χ3n) is 3.89. The predicted molar refractivity (Wildman–Crippen MR) is 82.7 cm³/mol. The summed E-state index contributed by atoms with van der Waals surface area (Å²) in [5.41, 5.74) is 0. The molecule has 1 N–H and O–H groups in total. The van der Waals surface area contributed by atoms with Gasteiger partial charge in [0.25, 0.3) is 0 Å². The second-order valence-corrected chi connectivity index (χ2v) is 6.21. The SMILES string of the molecule is CC(C)CNCc1nccn1CCN1CCN(C)CC1. The highest BCUT2D eigenvalue weighted by molar-refractivity contribution is 4.92. The number of hydrogen-bond donors (Lipinski definition) is 1. The first-order valence-electron chi connectivity index (χ1n) is 7.77. The van der Waals surface area contributed by atoms with Crippen molar-refractivity contribution in [2.45, 2.75) is 26.9 Å². The Kier molecular flexibility index (Phi) is 6.01. The van der Waals surface area contributed by atoms with Crippen LogP contribution in [0.3, 0.4) is 0 Å². The number of rotatable bonds is 7. The van der Waals surface area contributed by atoms with E-state index in [-0.39, 0.29) is 0 Å².